The molecule has 2 saturated carbocycles. The van der Waals surface area contributed by atoms with Crippen LogP contribution in [0, 0.1) is 35.5 Å². The third kappa shape index (κ3) is 3.31. The van der Waals surface area contributed by atoms with Crippen LogP contribution in [0.15, 0.2) is 42.5 Å². The van der Waals surface area contributed by atoms with Crippen molar-refractivity contribution in [2.75, 3.05) is 13.2 Å². The average Bonchev–Trinajstić information content (AvgIpc) is 3.52. The molecule has 0 unspecified atom stereocenters. The molecule has 5 heteroatoms. The van der Waals surface area contributed by atoms with Crippen LogP contribution in [0.25, 0.3) is 0 Å². The van der Waals surface area contributed by atoms with Crippen LogP contribution in [0.3, 0.4) is 0 Å². The van der Waals surface area contributed by atoms with Crippen molar-refractivity contribution in [3.05, 3.63) is 48.0 Å². The summed E-state index contributed by atoms with van der Waals surface area (Å²) >= 11 is 0. The lowest BCUT2D eigenvalue weighted by atomic mass is 9.62. The lowest BCUT2D eigenvalue weighted by Gasteiger charge is -2.41. The van der Waals surface area contributed by atoms with Gasteiger partial charge in [0.05, 0.1) is 18.4 Å². The first-order valence-corrected chi connectivity index (χ1v) is 9.71. The molecule has 5 rings (SSSR count). The van der Waals surface area contributed by atoms with Crippen molar-refractivity contribution in [1.82, 2.24) is 0 Å². The minimum Gasteiger partial charge on any atom is -0.465 e. The summed E-state index contributed by atoms with van der Waals surface area (Å²) in [6.07, 6.45) is 5.94. The molecule has 142 valence electrons. The standard InChI is InChI=1S/C22H24O5/c1-2-10-26-21(24)19-14-8-9-15(17-11-16(14)17)20(19)22(25)27-12-18(23)13-6-4-3-5-7-13/h3-9,14-17,19-20H,2,10-12H2,1H3/t14-,15-,16+,17-,19+,20-/m0/s1. The molecule has 5 nitrogen and oxygen atoms in total. The van der Waals surface area contributed by atoms with Gasteiger partial charge in [0.25, 0.3) is 0 Å². The highest BCUT2D eigenvalue weighted by Gasteiger charge is 2.63. The summed E-state index contributed by atoms with van der Waals surface area (Å²) in [5, 5.41) is 0. The van der Waals surface area contributed by atoms with Crippen LogP contribution in [0.1, 0.15) is 30.1 Å². The predicted octanol–water partition coefficient (Wildman–Crippen LogP) is 3.05. The Labute approximate surface area is 158 Å². The summed E-state index contributed by atoms with van der Waals surface area (Å²) in [5.41, 5.74) is 0.511. The summed E-state index contributed by atoms with van der Waals surface area (Å²) in [7, 11) is 0. The third-order valence-corrected chi connectivity index (χ3v) is 6.09. The van der Waals surface area contributed by atoms with Gasteiger partial charge in [-0.3, -0.25) is 14.4 Å². The number of benzene rings is 1. The summed E-state index contributed by atoms with van der Waals surface area (Å²) in [5.74, 6) is -1.04. The van der Waals surface area contributed by atoms with E-state index in [9.17, 15) is 14.4 Å². The highest BCUT2D eigenvalue weighted by atomic mass is 16.5. The van der Waals surface area contributed by atoms with Crippen molar-refractivity contribution in [1.29, 1.82) is 0 Å². The quantitative estimate of drug-likeness (QED) is 0.420. The molecule has 0 N–H and O–H groups in total. The Morgan fingerprint density at radius 1 is 0.926 bits per heavy atom. The van der Waals surface area contributed by atoms with Gasteiger partial charge in [0.2, 0.25) is 0 Å². The molecule has 1 aromatic carbocycles. The van der Waals surface area contributed by atoms with Crippen LogP contribution in [0.4, 0.5) is 0 Å². The smallest absolute Gasteiger partial charge is 0.310 e. The zero-order chi connectivity index (χ0) is 19.0. The molecule has 0 spiro atoms. The van der Waals surface area contributed by atoms with E-state index in [0.717, 1.165) is 12.8 Å². The van der Waals surface area contributed by atoms with Gasteiger partial charge >= 0.3 is 11.9 Å². The van der Waals surface area contributed by atoms with Crippen molar-refractivity contribution < 1.29 is 23.9 Å². The van der Waals surface area contributed by atoms with Gasteiger partial charge in [-0.25, -0.2) is 0 Å². The zero-order valence-corrected chi connectivity index (χ0v) is 15.4. The molecule has 1 aromatic rings. The highest BCUT2D eigenvalue weighted by molar-refractivity contribution is 5.98. The average molecular weight is 368 g/mol. The molecule has 0 aliphatic heterocycles. The van der Waals surface area contributed by atoms with E-state index in [-0.39, 0.29) is 30.2 Å². The number of esters is 2. The fraction of sp³-hybridized carbons (Fsp3) is 0.500. The molecular formula is C22H24O5. The van der Waals surface area contributed by atoms with Crippen molar-refractivity contribution >= 4 is 17.7 Å². The maximum Gasteiger partial charge on any atom is 0.310 e. The molecular weight excluding hydrogens is 344 g/mol. The molecule has 0 radical (unpaired) electrons. The first kappa shape index (κ1) is 18.0. The number of Topliss-reactive ketones (excluding diaryl/α,β-unsaturated/α-hetero) is 1. The van der Waals surface area contributed by atoms with E-state index in [4.69, 9.17) is 9.47 Å². The van der Waals surface area contributed by atoms with Crippen LogP contribution in [-0.4, -0.2) is 30.9 Å². The second-order valence-electron chi connectivity index (χ2n) is 7.72. The first-order valence-electron chi connectivity index (χ1n) is 9.71. The van der Waals surface area contributed by atoms with E-state index in [1.807, 2.05) is 13.0 Å². The minimum absolute atomic E-state index is 0.0125. The Kier molecular flexibility index (Phi) is 4.85. The van der Waals surface area contributed by atoms with Gasteiger partial charge < -0.3 is 9.47 Å². The molecule has 27 heavy (non-hydrogen) atoms. The summed E-state index contributed by atoms with van der Waals surface area (Å²) < 4.78 is 10.7. The van der Waals surface area contributed by atoms with E-state index in [2.05, 4.69) is 12.2 Å². The van der Waals surface area contributed by atoms with Gasteiger partial charge in [-0.1, -0.05) is 49.4 Å². The lowest BCUT2D eigenvalue weighted by molar-refractivity contribution is -0.167. The fourth-order valence-electron chi connectivity index (χ4n) is 4.76. The minimum atomic E-state index is -0.545. The van der Waals surface area contributed by atoms with Gasteiger partial charge in [0, 0.05) is 5.56 Å². The van der Waals surface area contributed by atoms with E-state index in [0.29, 0.717) is 24.0 Å². The maximum atomic E-state index is 12.9. The number of carbonyl (C=O) groups is 3. The van der Waals surface area contributed by atoms with Crippen molar-refractivity contribution in [2.24, 2.45) is 35.5 Å². The SMILES string of the molecule is CCCOC(=O)[C@@H]1[C@H]2C=C[C@@H]([C@@H]3C[C@H]23)[C@@H]1C(=O)OCC(=O)c1ccccc1. The Morgan fingerprint density at radius 2 is 1.52 bits per heavy atom. The topological polar surface area (TPSA) is 69.7 Å². The molecule has 6 atom stereocenters. The lowest BCUT2D eigenvalue weighted by Crippen LogP contribution is -2.48. The molecule has 0 aromatic heterocycles. The first-order chi connectivity index (χ1) is 13.1. The normalized spacial score (nSPS) is 32.5. The second kappa shape index (κ2) is 7.29. The monoisotopic (exact) mass is 368 g/mol. The zero-order valence-electron chi connectivity index (χ0n) is 15.4. The van der Waals surface area contributed by atoms with E-state index < -0.39 is 17.8 Å². The number of rotatable bonds is 7. The number of hydrogen-bond acceptors (Lipinski definition) is 5. The Bertz CT molecular complexity index is 768. The Balaban J connectivity index is 1.46. The van der Waals surface area contributed by atoms with Crippen LogP contribution < -0.4 is 0 Å². The number of fused-ring (bicyclic) bond motifs is 1. The van der Waals surface area contributed by atoms with Crippen molar-refractivity contribution in [2.45, 2.75) is 19.8 Å². The van der Waals surface area contributed by atoms with E-state index in [1.165, 1.54) is 0 Å². The molecule has 4 aliphatic carbocycles. The molecule has 2 bridgehead atoms. The number of carbonyl (C=O) groups excluding carboxylic acids is 3. The van der Waals surface area contributed by atoms with Gasteiger partial charge in [-0.15, -0.1) is 0 Å². The molecule has 0 saturated heterocycles. The fourth-order valence-corrected chi connectivity index (χ4v) is 4.76. The van der Waals surface area contributed by atoms with E-state index >= 15 is 0 Å². The van der Waals surface area contributed by atoms with Crippen LogP contribution in [-0.2, 0) is 19.1 Å². The van der Waals surface area contributed by atoms with Crippen molar-refractivity contribution in [3.63, 3.8) is 0 Å². The maximum absolute atomic E-state index is 12.9. The third-order valence-electron chi connectivity index (χ3n) is 6.09. The number of hydrogen-bond donors (Lipinski definition) is 0. The molecule has 0 amide bonds. The van der Waals surface area contributed by atoms with Gasteiger partial charge in [-0.05, 0) is 36.5 Å². The van der Waals surface area contributed by atoms with E-state index in [1.54, 1.807) is 24.3 Å². The number of ketones is 1. The van der Waals surface area contributed by atoms with Gasteiger partial charge in [0.1, 0.15) is 0 Å². The predicted molar refractivity (Wildman–Crippen MR) is 97.7 cm³/mol. The summed E-state index contributed by atoms with van der Waals surface area (Å²) in [6, 6.07) is 8.76. The Hall–Kier alpha value is -2.43. The van der Waals surface area contributed by atoms with Crippen LogP contribution in [0.5, 0.6) is 0 Å². The Morgan fingerprint density at radius 3 is 2.11 bits per heavy atom. The summed E-state index contributed by atoms with van der Waals surface area (Å²) in [4.78, 5) is 37.8. The number of ether oxygens (including phenoxy) is 2. The summed E-state index contributed by atoms with van der Waals surface area (Å²) in [6.45, 7) is 2.00. The number of allylic oxidation sites excluding steroid dienone is 2. The van der Waals surface area contributed by atoms with Crippen molar-refractivity contribution in [3.8, 4) is 0 Å². The highest BCUT2D eigenvalue weighted by Crippen LogP contribution is 2.63. The molecule has 2 fully saturated rings. The van der Waals surface area contributed by atoms with Gasteiger partial charge in [-0.2, -0.15) is 0 Å². The van der Waals surface area contributed by atoms with Gasteiger partial charge in [0.15, 0.2) is 12.4 Å². The van der Waals surface area contributed by atoms with Crippen LogP contribution >= 0.6 is 0 Å². The molecule has 4 aliphatic rings. The second-order valence-corrected chi connectivity index (χ2v) is 7.72. The molecule has 0 heterocycles. The van der Waals surface area contributed by atoms with Crippen LogP contribution in [0.2, 0.25) is 0 Å². The largest absolute Gasteiger partial charge is 0.465 e.